The molecule has 0 heterocycles. The van der Waals surface area contributed by atoms with Crippen molar-refractivity contribution in [3.05, 3.63) is 76.5 Å². The van der Waals surface area contributed by atoms with Gasteiger partial charge in [0.15, 0.2) is 0 Å². The van der Waals surface area contributed by atoms with Gasteiger partial charge in [0.05, 0.1) is 0 Å². The van der Waals surface area contributed by atoms with Gasteiger partial charge in [-0.1, -0.05) is 52.8 Å². The Hall–Kier alpha value is -1.41. The van der Waals surface area contributed by atoms with E-state index >= 15 is 0 Å². The largest absolute Gasteiger partial charge is 0.207 e. The minimum absolute atomic E-state index is 0.233. The van der Waals surface area contributed by atoms with Crippen LogP contribution in [0.5, 0.6) is 0 Å². The zero-order valence-corrected chi connectivity index (χ0v) is 10.2. The van der Waals surface area contributed by atoms with Crippen LogP contribution in [0.2, 0.25) is 0 Å². The lowest BCUT2D eigenvalue weighted by atomic mass is 10.00. The summed E-state index contributed by atoms with van der Waals surface area (Å²) in [6.45, 7) is 4.03. The molecule has 80 valence electrons. The number of halogens is 2. The van der Waals surface area contributed by atoms with Crippen LogP contribution in [0.4, 0.5) is 4.39 Å². The van der Waals surface area contributed by atoms with Crippen LogP contribution >= 0.6 is 15.9 Å². The van der Waals surface area contributed by atoms with Crippen molar-refractivity contribution >= 4 is 21.5 Å². The van der Waals surface area contributed by atoms with Crippen LogP contribution in [0.3, 0.4) is 0 Å². The molecule has 0 atom stereocenters. The molecule has 0 fully saturated rings. The summed E-state index contributed by atoms with van der Waals surface area (Å²) in [5.41, 5.74) is 2.83. The van der Waals surface area contributed by atoms with E-state index in [0.717, 1.165) is 21.2 Å². The first kappa shape index (κ1) is 11.1. The highest BCUT2D eigenvalue weighted by Gasteiger charge is 2.05. The molecule has 2 rings (SSSR count). The molecule has 0 aliphatic heterocycles. The molecule has 2 aromatic carbocycles. The average molecular weight is 277 g/mol. The minimum atomic E-state index is -0.233. The minimum Gasteiger partial charge on any atom is -0.207 e. The van der Waals surface area contributed by atoms with Crippen LogP contribution in [0.25, 0.3) is 5.57 Å². The molecule has 0 N–H and O–H groups in total. The Labute approximate surface area is 103 Å². The normalized spacial score (nSPS) is 10.1. The van der Waals surface area contributed by atoms with Crippen molar-refractivity contribution in [2.45, 2.75) is 0 Å². The zero-order valence-electron chi connectivity index (χ0n) is 8.58. The number of rotatable bonds is 2. The van der Waals surface area contributed by atoms with Gasteiger partial charge >= 0.3 is 0 Å². The predicted octanol–water partition coefficient (Wildman–Crippen LogP) is 4.65. The third-order valence-corrected chi connectivity index (χ3v) is 3.08. The number of hydrogen-bond acceptors (Lipinski definition) is 0. The lowest BCUT2D eigenvalue weighted by molar-refractivity contribution is 0.627. The summed E-state index contributed by atoms with van der Waals surface area (Å²) in [6, 6.07) is 14.2. The molecule has 16 heavy (non-hydrogen) atoms. The van der Waals surface area contributed by atoms with Crippen molar-refractivity contribution in [1.29, 1.82) is 0 Å². The van der Waals surface area contributed by atoms with E-state index in [1.165, 1.54) is 12.1 Å². The Morgan fingerprint density at radius 1 is 1.00 bits per heavy atom. The number of hydrogen-bond donors (Lipinski definition) is 0. The van der Waals surface area contributed by atoms with Crippen molar-refractivity contribution < 1.29 is 4.39 Å². The first-order valence-electron chi connectivity index (χ1n) is 4.88. The lowest BCUT2D eigenvalue weighted by Crippen LogP contribution is -1.87. The third-order valence-electron chi connectivity index (χ3n) is 2.39. The van der Waals surface area contributed by atoms with E-state index in [-0.39, 0.29) is 5.82 Å². The Morgan fingerprint density at radius 2 is 1.62 bits per heavy atom. The van der Waals surface area contributed by atoms with Crippen molar-refractivity contribution in [1.82, 2.24) is 0 Å². The third kappa shape index (κ3) is 2.22. The molecule has 0 radical (unpaired) electrons. The predicted molar refractivity (Wildman–Crippen MR) is 68.7 cm³/mol. The second-order valence-corrected chi connectivity index (χ2v) is 4.32. The quantitative estimate of drug-likeness (QED) is 0.749. The van der Waals surface area contributed by atoms with Gasteiger partial charge in [0.2, 0.25) is 0 Å². The highest BCUT2D eigenvalue weighted by Crippen LogP contribution is 2.27. The summed E-state index contributed by atoms with van der Waals surface area (Å²) in [5, 5.41) is 0. The van der Waals surface area contributed by atoms with Gasteiger partial charge in [-0.25, -0.2) is 4.39 Å². The maximum atomic E-state index is 12.8. The Balaban J connectivity index is 2.40. The van der Waals surface area contributed by atoms with Crippen LogP contribution in [0.15, 0.2) is 59.6 Å². The second kappa shape index (κ2) is 4.62. The molecule has 0 spiro atoms. The maximum absolute atomic E-state index is 12.8. The number of benzene rings is 2. The Kier molecular flexibility index (Phi) is 3.20. The van der Waals surface area contributed by atoms with E-state index in [2.05, 4.69) is 22.5 Å². The van der Waals surface area contributed by atoms with Crippen molar-refractivity contribution in [2.75, 3.05) is 0 Å². The fourth-order valence-electron chi connectivity index (χ4n) is 1.51. The summed E-state index contributed by atoms with van der Waals surface area (Å²) < 4.78 is 13.8. The standard InChI is InChI=1S/C14H10BrF/c1-10(11-6-8-12(16)9-7-11)13-4-2-3-5-14(13)15/h2-9H,1H2. The van der Waals surface area contributed by atoms with Crippen LogP contribution in [0.1, 0.15) is 11.1 Å². The molecular weight excluding hydrogens is 267 g/mol. The van der Waals surface area contributed by atoms with Crippen molar-refractivity contribution in [2.24, 2.45) is 0 Å². The molecule has 2 heteroatoms. The summed E-state index contributed by atoms with van der Waals surface area (Å²) in [5.74, 6) is -0.233. The lowest BCUT2D eigenvalue weighted by Gasteiger charge is -2.08. The fourth-order valence-corrected chi connectivity index (χ4v) is 2.04. The Morgan fingerprint density at radius 3 is 2.25 bits per heavy atom. The van der Waals surface area contributed by atoms with E-state index in [9.17, 15) is 4.39 Å². The first-order valence-corrected chi connectivity index (χ1v) is 5.67. The van der Waals surface area contributed by atoms with Gasteiger partial charge in [0, 0.05) is 4.47 Å². The van der Waals surface area contributed by atoms with Gasteiger partial charge < -0.3 is 0 Å². The van der Waals surface area contributed by atoms with Gasteiger partial charge in [-0.05, 0) is 34.9 Å². The van der Waals surface area contributed by atoms with E-state index < -0.39 is 0 Å². The summed E-state index contributed by atoms with van der Waals surface area (Å²) in [4.78, 5) is 0. The highest BCUT2D eigenvalue weighted by molar-refractivity contribution is 9.10. The first-order chi connectivity index (χ1) is 7.68. The maximum Gasteiger partial charge on any atom is 0.123 e. The van der Waals surface area contributed by atoms with Crippen LogP contribution in [-0.4, -0.2) is 0 Å². The van der Waals surface area contributed by atoms with Gasteiger partial charge in [-0.3, -0.25) is 0 Å². The molecule has 0 aromatic heterocycles. The van der Waals surface area contributed by atoms with Crippen molar-refractivity contribution in [3.63, 3.8) is 0 Å². The highest BCUT2D eigenvalue weighted by atomic mass is 79.9. The van der Waals surface area contributed by atoms with E-state index in [1.807, 2.05) is 24.3 Å². The second-order valence-electron chi connectivity index (χ2n) is 3.47. The molecule has 0 saturated carbocycles. The summed E-state index contributed by atoms with van der Waals surface area (Å²) in [6.07, 6.45) is 0. The van der Waals surface area contributed by atoms with E-state index in [4.69, 9.17) is 0 Å². The molecule has 0 aliphatic rings. The molecule has 0 saturated heterocycles. The molecule has 2 aromatic rings. The zero-order chi connectivity index (χ0) is 11.5. The Bertz CT molecular complexity index is 515. The van der Waals surface area contributed by atoms with Crippen LogP contribution in [0, 0.1) is 5.82 Å². The van der Waals surface area contributed by atoms with Crippen molar-refractivity contribution in [3.8, 4) is 0 Å². The molecule has 0 nitrogen and oxygen atoms in total. The molecular formula is C14H10BrF. The SMILES string of the molecule is C=C(c1ccc(F)cc1)c1ccccc1Br. The molecule has 0 amide bonds. The fraction of sp³-hybridized carbons (Fsp3) is 0. The summed E-state index contributed by atoms with van der Waals surface area (Å²) in [7, 11) is 0. The van der Waals surface area contributed by atoms with Gasteiger partial charge in [0.1, 0.15) is 5.82 Å². The monoisotopic (exact) mass is 276 g/mol. The molecule has 0 bridgehead atoms. The van der Waals surface area contributed by atoms with Gasteiger partial charge in [0.25, 0.3) is 0 Å². The topological polar surface area (TPSA) is 0 Å². The van der Waals surface area contributed by atoms with E-state index in [0.29, 0.717) is 0 Å². The molecule has 0 aliphatic carbocycles. The summed E-state index contributed by atoms with van der Waals surface area (Å²) >= 11 is 3.47. The van der Waals surface area contributed by atoms with Gasteiger partial charge in [-0.2, -0.15) is 0 Å². The smallest absolute Gasteiger partial charge is 0.123 e. The van der Waals surface area contributed by atoms with Crippen LogP contribution in [-0.2, 0) is 0 Å². The average Bonchev–Trinajstić information content (AvgIpc) is 2.30. The molecule has 0 unspecified atom stereocenters. The van der Waals surface area contributed by atoms with Crippen LogP contribution < -0.4 is 0 Å². The van der Waals surface area contributed by atoms with E-state index in [1.54, 1.807) is 12.1 Å². The van der Waals surface area contributed by atoms with Gasteiger partial charge in [-0.15, -0.1) is 0 Å².